The second-order valence-corrected chi connectivity index (χ2v) is 9.29. The van der Waals surface area contributed by atoms with Crippen molar-refractivity contribution < 1.29 is 4.79 Å². The summed E-state index contributed by atoms with van der Waals surface area (Å²) in [4.78, 5) is 28.0. The van der Waals surface area contributed by atoms with E-state index in [0.717, 1.165) is 60.6 Å². The van der Waals surface area contributed by atoms with E-state index >= 15 is 0 Å². The van der Waals surface area contributed by atoms with Gasteiger partial charge in [0.15, 0.2) is 0 Å². The van der Waals surface area contributed by atoms with Crippen molar-refractivity contribution in [2.75, 3.05) is 25.5 Å². The lowest BCUT2D eigenvalue weighted by atomic mass is 9.79. The average Bonchev–Trinajstić information content (AvgIpc) is 2.83. The van der Waals surface area contributed by atoms with Gasteiger partial charge >= 0.3 is 0 Å². The van der Waals surface area contributed by atoms with E-state index in [2.05, 4.69) is 34.3 Å². The molecule has 33 heavy (non-hydrogen) atoms. The van der Waals surface area contributed by atoms with Crippen LogP contribution >= 0.6 is 0 Å². The highest BCUT2D eigenvalue weighted by atomic mass is 16.1. The number of carbonyl (C=O) groups excluding carboxylic acids is 1. The number of pyridine rings is 1. The number of hydrogen-bond donors (Lipinski definition) is 1. The molecule has 3 aromatic rings. The van der Waals surface area contributed by atoms with Crippen LogP contribution in [0.5, 0.6) is 0 Å². The first-order chi connectivity index (χ1) is 16.0. The van der Waals surface area contributed by atoms with Crippen molar-refractivity contribution in [3.63, 3.8) is 0 Å². The molecule has 0 unspecified atom stereocenters. The summed E-state index contributed by atoms with van der Waals surface area (Å²) in [5.74, 6) is 1.76. The molecule has 2 aromatic heterocycles. The second-order valence-electron chi connectivity index (χ2n) is 9.29. The Morgan fingerprint density at radius 3 is 2.55 bits per heavy atom. The summed E-state index contributed by atoms with van der Waals surface area (Å²) in [5.41, 5.74) is 5.59. The van der Waals surface area contributed by atoms with Crippen molar-refractivity contribution in [3.05, 3.63) is 71.8 Å². The molecule has 2 heterocycles. The molecule has 172 valence electrons. The minimum atomic E-state index is 0.106. The van der Waals surface area contributed by atoms with Crippen LogP contribution in [0, 0.1) is 12.8 Å². The fourth-order valence-electron chi connectivity index (χ4n) is 4.63. The van der Waals surface area contributed by atoms with Gasteiger partial charge in [-0.2, -0.15) is 0 Å². The molecule has 1 aromatic carbocycles. The summed E-state index contributed by atoms with van der Waals surface area (Å²) < 4.78 is 0. The third-order valence-corrected chi connectivity index (χ3v) is 6.47. The van der Waals surface area contributed by atoms with E-state index in [9.17, 15) is 4.79 Å². The first kappa shape index (κ1) is 22.9. The number of carbonyl (C=O) groups is 1. The van der Waals surface area contributed by atoms with Crippen LogP contribution in [0.3, 0.4) is 0 Å². The van der Waals surface area contributed by atoms with Gasteiger partial charge in [0.05, 0.1) is 12.1 Å². The molecule has 0 saturated heterocycles. The van der Waals surface area contributed by atoms with E-state index in [4.69, 9.17) is 4.98 Å². The zero-order chi connectivity index (χ0) is 23.2. The van der Waals surface area contributed by atoms with Crippen LogP contribution in [0.1, 0.15) is 48.4 Å². The molecule has 1 aliphatic carbocycles. The lowest BCUT2D eigenvalue weighted by Crippen LogP contribution is -2.32. The van der Waals surface area contributed by atoms with Crippen LogP contribution in [0.15, 0.2) is 55.0 Å². The van der Waals surface area contributed by atoms with Gasteiger partial charge in [0.2, 0.25) is 11.9 Å². The van der Waals surface area contributed by atoms with Gasteiger partial charge in [-0.15, -0.1) is 0 Å². The molecule has 1 N–H and O–H groups in total. The highest BCUT2D eigenvalue weighted by Crippen LogP contribution is 2.39. The lowest BCUT2D eigenvalue weighted by molar-refractivity contribution is -0.120. The van der Waals surface area contributed by atoms with E-state index in [1.807, 2.05) is 61.9 Å². The fraction of sp³-hybridized carbons (Fsp3) is 0.407. The summed E-state index contributed by atoms with van der Waals surface area (Å²) in [6.45, 7) is 2.81. The maximum absolute atomic E-state index is 12.4. The van der Waals surface area contributed by atoms with E-state index in [1.165, 1.54) is 5.56 Å². The van der Waals surface area contributed by atoms with Gasteiger partial charge < -0.3 is 10.2 Å². The van der Waals surface area contributed by atoms with E-state index in [1.54, 1.807) is 0 Å². The summed E-state index contributed by atoms with van der Waals surface area (Å²) in [5, 5.41) is 3.16. The Morgan fingerprint density at radius 2 is 1.85 bits per heavy atom. The molecular formula is C27H33N5O. The molecule has 6 heteroatoms. The second kappa shape index (κ2) is 10.6. The van der Waals surface area contributed by atoms with Crippen molar-refractivity contribution in [1.82, 2.24) is 20.3 Å². The van der Waals surface area contributed by atoms with Crippen molar-refractivity contribution in [2.45, 2.75) is 44.9 Å². The standard InChI is InChI=1S/C27H33N5O/c1-19-5-4-6-21(15-19)16-25(33)29-17-20-7-9-23(10-8-20)26-24(22-11-13-28-14-12-22)18-30-27(31-26)32(2)3/h4-6,11-15,18,20,23H,7-10,16-17H2,1-3H3,(H,29,33). The van der Waals surface area contributed by atoms with Crippen LogP contribution in [0.4, 0.5) is 5.95 Å². The van der Waals surface area contributed by atoms with Crippen LogP contribution in [-0.2, 0) is 11.2 Å². The normalized spacial score (nSPS) is 18.0. The van der Waals surface area contributed by atoms with Crippen molar-refractivity contribution in [3.8, 4) is 11.1 Å². The van der Waals surface area contributed by atoms with E-state index in [-0.39, 0.29) is 5.91 Å². The number of hydrogen-bond acceptors (Lipinski definition) is 5. The first-order valence-corrected chi connectivity index (χ1v) is 11.8. The fourth-order valence-corrected chi connectivity index (χ4v) is 4.63. The number of aromatic nitrogens is 3. The largest absolute Gasteiger partial charge is 0.356 e. The Bertz CT molecular complexity index is 1070. The Labute approximate surface area is 196 Å². The van der Waals surface area contributed by atoms with Gasteiger partial charge in [0.1, 0.15) is 0 Å². The molecule has 0 atom stereocenters. The summed E-state index contributed by atoms with van der Waals surface area (Å²) >= 11 is 0. The minimum absolute atomic E-state index is 0.106. The number of rotatable bonds is 7. The van der Waals surface area contributed by atoms with Gasteiger partial charge in [-0.3, -0.25) is 9.78 Å². The summed E-state index contributed by atoms with van der Waals surface area (Å²) in [6.07, 6.45) is 10.3. The zero-order valence-electron chi connectivity index (χ0n) is 19.8. The van der Waals surface area contributed by atoms with Crippen LogP contribution in [0.2, 0.25) is 0 Å². The van der Waals surface area contributed by atoms with Gasteiger partial charge in [0.25, 0.3) is 0 Å². The van der Waals surface area contributed by atoms with Crippen molar-refractivity contribution >= 4 is 11.9 Å². The number of aryl methyl sites for hydroxylation is 1. The SMILES string of the molecule is Cc1cccc(CC(=O)NCC2CCC(c3nc(N(C)C)ncc3-c3ccncc3)CC2)c1. The Morgan fingerprint density at radius 1 is 1.09 bits per heavy atom. The Hall–Kier alpha value is -3.28. The highest BCUT2D eigenvalue weighted by Gasteiger charge is 2.26. The number of nitrogens with one attached hydrogen (secondary N) is 1. The maximum atomic E-state index is 12.4. The van der Waals surface area contributed by atoms with Crippen molar-refractivity contribution in [1.29, 1.82) is 0 Å². The minimum Gasteiger partial charge on any atom is -0.356 e. The molecule has 4 rings (SSSR count). The van der Waals surface area contributed by atoms with Gasteiger partial charge in [-0.25, -0.2) is 9.97 Å². The molecule has 0 radical (unpaired) electrons. The van der Waals surface area contributed by atoms with Crippen LogP contribution < -0.4 is 10.2 Å². The smallest absolute Gasteiger partial charge is 0.225 e. The molecule has 0 spiro atoms. The number of amides is 1. The number of anilines is 1. The summed E-state index contributed by atoms with van der Waals surface area (Å²) in [6, 6.07) is 12.2. The third-order valence-electron chi connectivity index (χ3n) is 6.47. The third kappa shape index (κ3) is 5.95. The molecule has 0 bridgehead atoms. The topological polar surface area (TPSA) is 71.0 Å². The summed E-state index contributed by atoms with van der Waals surface area (Å²) in [7, 11) is 3.95. The van der Waals surface area contributed by atoms with E-state index < -0.39 is 0 Å². The number of benzene rings is 1. The maximum Gasteiger partial charge on any atom is 0.225 e. The molecule has 0 aliphatic heterocycles. The predicted molar refractivity (Wildman–Crippen MR) is 132 cm³/mol. The van der Waals surface area contributed by atoms with Crippen LogP contribution in [0.25, 0.3) is 11.1 Å². The monoisotopic (exact) mass is 443 g/mol. The van der Waals surface area contributed by atoms with E-state index in [0.29, 0.717) is 18.3 Å². The molecule has 1 amide bonds. The molecule has 1 aliphatic rings. The van der Waals surface area contributed by atoms with Crippen LogP contribution in [-0.4, -0.2) is 41.5 Å². The van der Waals surface area contributed by atoms with Gasteiger partial charge in [0, 0.05) is 50.7 Å². The highest BCUT2D eigenvalue weighted by molar-refractivity contribution is 5.78. The van der Waals surface area contributed by atoms with Gasteiger partial charge in [-0.1, -0.05) is 29.8 Å². The average molecular weight is 444 g/mol. The lowest BCUT2D eigenvalue weighted by Gasteiger charge is -2.30. The number of nitrogens with zero attached hydrogens (tertiary/aromatic N) is 4. The first-order valence-electron chi connectivity index (χ1n) is 11.8. The predicted octanol–water partition coefficient (Wildman–Crippen LogP) is 4.55. The molecule has 1 fully saturated rings. The zero-order valence-corrected chi connectivity index (χ0v) is 19.8. The molecular weight excluding hydrogens is 410 g/mol. The molecule has 1 saturated carbocycles. The Kier molecular flexibility index (Phi) is 7.33. The Balaban J connectivity index is 1.37. The van der Waals surface area contributed by atoms with Crippen molar-refractivity contribution in [2.24, 2.45) is 5.92 Å². The molecule has 6 nitrogen and oxygen atoms in total. The quantitative estimate of drug-likeness (QED) is 0.580. The van der Waals surface area contributed by atoms with Gasteiger partial charge in [-0.05, 0) is 61.8 Å².